The van der Waals surface area contributed by atoms with E-state index in [4.69, 9.17) is 55.0 Å². The van der Waals surface area contributed by atoms with Crippen LogP contribution in [0.5, 0.6) is 34.5 Å². The molecule has 0 fully saturated rings. The third-order valence-corrected chi connectivity index (χ3v) is 20.9. The van der Waals surface area contributed by atoms with E-state index in [2.05, 4.69) is 60.2 Å². The number of nitrogens with one attached hydrogen (secondary N) is 4. The Bertz CT molecular complexity index is 4350. The molecule has 25 nitrogen and oxygen atoms in total. The van der Waals surface area contributed by atoms with Gasteiger partial charge in [-0.1, -0.05) is 37.6 Å². The Morgan fingerprint density at radius 3 is 1.90 bits per heavy atom. The lowest BCUT2D eigenvalue weighted by Crippen LogP contribution is -2.52. The van der Waals surface area contributed by atoms with Crippen LogP contribution in [0.1, 0.15) is 88.0 Å². The second-order valence-corrected chi connectivity index (χ2v) is 27.5. The van der Waals surface area contributed by atoms with Crippen molar-refractivity contribution in [3.63, 3.8) is 0 Å². The molecule has 4 atom stereocenters. The van der Waals surface area contributed by atoms with Crippen molar-refractivity contribution in [2.24, 2.45) is 11.5 Å². The molecule has 0 bridgehead atoms. The van der Waals surface area contributed by atoms with Gasteiger partial charge in [0, 0.05) is 64.6 Å². The Hall–Kier alpha value is -8.61. The van der Waals surface area contributed by atoms with E-state index in [0.717, 1.165) is 118 Å². The Morgan fingerprint density at radius 2 is 1.27 bits per heavy atom. The highest BCUT2D eigenvalue weighted by molar-refractivity contribution is 8.76. The highest BCUT2D eigenvalue weighted by Crippen LogP contribution is 2.36. The number of carbonyl (C=O) groups excluding carboxylic acids is 2. The normalized spacial score (nSPS) is 12.8. The molecule has 9 aromatic rings. The molecule has 4 aromatic carbocycles. The first kappa shape index (κ1) is 73.2. The molecular weight excluding hydrogens is 1310 g/mol. The van der Waals surface area contributed by atoms with Crippen LogP contribution in [0, 0.1) is 48.5 Å². The molecular formula is C67H84N12O13S4+2. The first-order chi connectivity index (χ1) is 46.0. The lowest BCUT2D eigenvalue weighted by molar-refractivity contribution is -0.613. The SMILES string of the molecule is COc1ccc2c(c1)nc1n2SCc2c(C)c(OC)c(C)c[n+]2-1.COc1ccc2nc(-[n+]3cc(C)c(OC)c(C)c3CSSCC(NC(=O)CCC(N)C(=O)O)C(=O)NC(CCCCN)C(=O)O)[nH]c2c1.COc1ccc2nc(S(=O)Cc3cc(C)c(OC)c(C)c3C)[nH]c2c1. The van der Waals surface area contributed by atoms with E-state index in [-0.39, 0.29) is 25.0 Å². The van der Waals surface area contributed by atoms with Gasteiger partial charge in [0.05, 0.1) is 94.1 Å². The summed E-state index contributed by atoms with van der Waals surface area (Å²) in [5, 5.41) is 24.3. The van der Waals surface area contributed by atoms with Gasteiger partial charge in [-0.15, -0.1) is 0 Å². The number of hydrogen-bond donors (Lipinski definition) is 8. The van der Waals surface area contributed by atoms with Crippen LogP contribution < -0.4 is 59.7 Å². The molecule has 6 heterocycles. The van der Waals surface area contributed by atoms with E-state index in [1.807, 2.05) is 100.0 Å². The van der Waals surface area contributed by atoms with E-state index < -0.39 is 52.7 Å². The van der Waals surface area contributed by atoms with Gasteiger partial charge in [0.15, 0.2) is 21.7 Å². The van der Waals surface area contributed by atoms with Gasteiger partial charge >= 0.3 is 23.8 Å². The molecule has 96 heavy (non-hydrogen) atoms. The van der Waals surface area contributed by atoms with E-state index >= 15 is 0 Å². The molecule has 4 unspecified atom stereocenters. The number of benzene rings is 4. The van der Waals surface area contributed by atoms with Crippen LogP contribution in [0.3, 0.4) is 0 Å². The van der Waals surface area contributed by atoms with Gasteiger partial charge in [0.25, 0.3) is 0 Å². The molecule has 10 N–H and O–H groups in total. The van der Waals surface area contributed by atoms with Gasteiger partial charge in [-0.05, 0) is 139 Å². The van der Waals surface area contributed by atoms with Crippen LogP contribution in [0.4, 0.5) is 0 Å². The Labute approximate surface area is 571 Å². The highest BCUT2D eigenvalue weighted by atomic mass is 33.1. The van der Waals surface area contributed by atoms with Crippen molar-refractivity contribution in [2.45, 2.75) is 121 Å². The molecule has 0 saturated heterocycles. The maximum atomic E-state index is 13.3. The Kier molecular flexibility index (Phi) is 25.4. The first-order valence-corrected chi connectivity index (χ1v) is 35.5. The minimum atomic E-state index is -1.26. The molecule has 1 aliphatic rings. The van der Waals surface area contributed by atoms with Crippen molar-refractivity contribution in [3.8, 4) is 46.4 Å². The van der Waals surface area contributed by atoms with Gasteiger partial charge < -0.3 is 65.7 Å². The summed E-state index contributed by atoms with van der Waals surface area (Å²) in [6.45, 7) is 14.5. The van der Waals surface area contributed by atoms with Crippen LogP contribution in [0.2, 0.25) is 0 Å². The maximum Gasteiger partial charge on any atom is 0.415 e. The summed E-state index contributed by atoms with van der Waals surface area (Å²) in [6, 6.07) is 15.7. The van der Waals surface area contributed by atoms with Crippen molar-refractivity contribution in [1.82, 2.24) is 39.5 Å². The molecule has 512 valence electrons. The summed E-state index contributed by atoms with van der Waals surface area (Å²) in [5.41, 5.74) is 26.7. The number of H-pyrrole nitrogens is 2. The molecule has 29 heteroatoms. The number of aliphatic carboxylic acids is 2. The molecule has 5 aromatic heterocycles. The van der Waals surface area contributed by atoms with Crippen LogP contribution >= 0.6 is 33.5 Å². The third kappa shape index (κ3) is 17.1. The number of imidazole rings is 3. The largest absolute Gasteiger partial charge is 0.497 e. The lowest BCUT2D eigenvalue weighted by atomic mass is 10.00. The number of aromatic amines is 2. The number of pyridine rings is 2. The number of aryl methyl sites for hydroxylation is 3. The first-order valence-electron chi connectivity index (χ1n) is 30.7. The fourth-order valence-electron chi connectivity index (χ4n) is 11.1. The summed E-state index contributed by atoms with van der Waals surface area (Å²) >= 11 is 1.76. The Morgan fingerprint density at radius 1 is 0.667 bits per heavy atom. The number of unbranched alkanes of at least 4 members (excludes halogenated alkanes) is 1. The number of carbonyl (C=O) groups is 4. The fraction of sp³-hybridized carbons (Fsp3) is 0.388. The average molecular weight is 1390 g/mol. The number of aromatic nitrogens is 8. The minimum absolute atomic E-state index is 0.0921. The van der Waals surface area contributed by atoms with E-state index in [1.54, 1.807) is 54.6 Å². The predicted molar refractivity (Wildman–Crippen MR) is 374 cm³/mol. The average Bonchev–Trinajstić information content (AvgIpc) is 1.51. The standard InChI is InChI=1S/C31H43N7O8S2.C19H22N2O3S.C17H18N3O2S/c1-17-14-38(31-36-21-10-8-19(45-3)13-23(21)37-31)25(18(2)27(17)46-4)16-48-47-15-24(34-26(39)11-9-20(33)29(41)42)28(40)35-22(30(43)44)7-5-6-12-32;1-11-8-14(12(2)13(3)18(11)24-5)10-25(22)19-20-16-7-6-15(23-4)9-17(16)21-19;1-10-8-19-15(11(2)16(10)22-4)9-23-20-14-6-5-12(21-3)7-13(14)18-17(19)20/h8,10,13-14,20,22,24H,5-7,9,11-12,15-16,32-33H2,1-4H3,(H4-,34,35,36,37,39,40,41,42,43,44);6-9H,10H2,1-5H3,(H,20,21);5-8H,9H2,1-4H3/q;;+1/p+1. The molecule has 0 aliphatic carbocycles. The molecule has 1 aliphatic heterocycles. The van der Waals surface area contributed by atoms with Gasteiger partial charge in [-0.25, -0.2) is 23.9 Å². The monoisotopic (exact) mass is 1390 g/mol. The van der Waals surface area contributed by atoms with Crippen molar-refractivity contribution in [2.75, 3.05) is 55.0 Å². The van der Waals surface area contributed by atoms with Crippen molar-refractivity contribution >= 4 is 101 Å². The second kappa shape index (κ2) is 33.4. The minimum Gasteiger partial charge on any atom is -0.497 e. The maximum absolute atomic E-state index is 13.3. The molecule has 0 saturated carbocycles. The van der Waals surface area contributed by atoms with Gasteiger partial charge in [0.1, 0.15) is 69.5 Å². The third-order valence-electron chi connectivity index (χ3n) is 16.4. The van der Waals surface area contributed by atoms with Crippen LogP contribution in [0.15, 0.2) is 78.2 Å². The second-order valence-electron chi connectivity index (χ2n) is 22.7. The van der Waals surface area contributed by atoms with Crippen LogP contribution in [0.25, 0.3) is 45.0 Å². The number of fused-ring (bicyclic) bond motifs is 7. The summed E-state index contributed by atoms with van der Waals surface area (Å²) in [5.74, 6) is 4.50. The fourth-order valence-corrected chi connectivity index (χ4v) is 15.7. The van der Waals surface area contributed by atoms with Crippen molar-refractivity contribution < 1.29 is 71.2 Å². The van der Waals surface area contributed by atoms with E-state index in [0.29, 0.717) is 47.7 Å². The Balaban J connectivity index is 0.000000203. The van der Waals surface area contributed by atoms with Crippen LogP contribution in [-0.4, -0.2) is 140 Å². The van der Waals surface area contributed by atoms with Crippen molar-refractivity contribution in [3.05, 3.63) is 129 Å². The zero-order valence-corrected chi connectivity index (χ0v) is 59.4. The van der Waals surface area contributed by atoms with Gasteiger partial charge in [0.2, 0.25) is 11.8 Å². The number of carboxylic acids is 2. The van der Waals surface area contributed by atoms with Gasteiger partial charge in [-0.3, -0.25) is 18.6 Å². The van der Waals surface area contributed by atoms with Crippen molar-refractivity contribution in [1.29, 1.82) is 0 Å². The number of methoxy groups -OCH3 is 6. The van der Waals surface area contributed by atoms with E-state index in [1.165, 1.54) is 32.8 Å². The summed E-state index contributed by atoms with van der Waals surface area (Å²) in [7, 11) is 11.4. The predicted octanol–water partition coefficient (Wildman–Crippen LogP) is 8.50. The zero-order chi connectivity index (χ0) is 69.7. The molecule has 10 rings (SSSR count). The smallest absolute Gasteiger partial charge is 0.415 e. The topological polar surface area (TPSA) is 340 Å². The molecule has 0 spiro atoms. The number of ether oxygens (including phenoxy) is 6. The summed E-state index contributed by atoms with van der Waals surface area (Å²) < 4.78 is 51.7. The highest BCUT2D eigenvalue weighted by Gasteiger charge is 2.33. The quantitative estimate of drug-likeness (QED) is 0.0136. The number of amides is 2. The number of hydrogen-bond acceptors (Lipinski definition) is 19. The lowest BCUT2D eigenvalue weighted by Gasteiger charge is -2.21. The van der Waals surface area contributed by atoms with Crippen LogP contribution in [-0.2, 0) is 47.2 Å². The number of nitrogens with two attached hydrogens (primary N) is 2. The summed E-state index contributed by atoms with van der Waals surface area (Å²) in [4.78, 5) is 69.5. The molecule has 2 amide bonds. The zero-order valence-electron chi connectivity index (χ0n) is 56.1. The molecule has 0 radical (unpaired) electrons. The number of nitrogens with zero attached hydrogens (tertiary/aromatic N) is 6. The number of rotatable bonds is 27. The summed E-state index contributed by atoms with van der Waals surface area (Å²) in [6.07, 6.45) is 4.96. The number of carboxylic acid groups (broad SMARTS) is 2. The van der Waals surface area contributed by atoms with E-state index in [9.17, 15) is 28.5 Å². The van der Waals surface area contributed by atoms with Gasteiger partial charge in [-0.2, -0.15) is 3.97 Å².